The van der Waals surface area contributed by atoms with Crippen LogP contribution in [0.15, 0.2) is 0 Å². The van der Waals surface area contributed by atoms with Crippen LogP contribution in [0.2, 0.25) is 0 Å². The standard InChI is InChI=1S/C18H37N3O2.2ClH/c1-6-21(7-2)16(12-15(3)4)13-20-17(22)18(14-23-5)8-10-19-11-9-18;;/h15-16,19H,6-14H2,1-5H3,(H,20,22);2*1H. The minimum absolute atomic E-state index is 0. The molecule has 1 amide bonds. The van der Waals surface area contributed by atoms with E-state index in [0.29, 0.717) is 18.6 Å². The number of amides is 1. The second-order valence-corrected chi connectivity index (χ2v) is 7.18. The van der Waals surface area contributed by atoms with Gasteiger partial charge in [-0.2, -0.15) is 0 Å². The van der Waals surface area contributed by atoms with Crippen LogP contribution in [0.3, 0.4) is 0 Å². The van der Waals surface area contributed by atoms with Crippen LogP contribution in [0.4, 0.5) is 0 Å². The monoisotopic (exact) mass is 399 g/mol. The van der Waals surface area contributed by atoms with E-state index >= 15 is 0 Å². The van der Waals surface area contributed by atoms with Crippen molar-refractivity contribution in [3.05, 3.63) is 0 Å². The van der Waals surface area contributed by atoms with Gasteiger partial charge in [-0.3, -0.25) is 9.69 Å². The molecule has 1 aliphatic heterocycles. The van der Waals surface area contributed by atoms with Crippen molar-refractivity contribution in [3.63, 3.8) is 0 Å². The lowest BCUT2D eigenvalue weighted by molar-refractivity contribution is -0.136. The first-order valence-electron chi connectivity index (χ1n) is 9.21. The van der Waals surface area contributed by atoms with E-state index in [-0.39, 0.29) is 36.1 Å². The van der Waals surface area contributed by atoms with Crippen molar-refractivity contribution in [2.75, 3.05) is 46.4 Å². The zero-order chi connectivity index (χ0) is 17.3. The molecule has 0 aromatic rings. The zero-order valence-electron chi connectivity index (χ0n) is 16.6. The number of methoxy groups -OCH3 is 1. The maximum atomic E-state index is 12.9. The van der Waals surface area contributed by atoms with Gasteiger partial charge in [0.25, 0.3) is 0 Å². The van der Waals surface area contributed by atoms with Crippen molar-refractivity contribution in [1.29, 1.82) is 0 Å². The predicted molar refractivity (Wildman–Crippen MR) is 110 cm³/mol. The smallest absolute Gasteiger partial charge is 0.228 e. The largest absolute Gasteiger partial charge is 0.384 e. The first-order valence-corrected chi connectivity index (χ1v) is 9.21. The van der Waals surface area contributed by atoms with E-state index in [1.54, 1.807) is 7.11 Å². The number of ether oxygens (including phenoxy) is 1. The maximum Gasteiger partial charge on any atom is 0.228 e. The topological polar surface area (TPSA) is 53.6 Å². The quantitative estimate of drug-likeness (QED) is 0.592. The fourth-order valence-corrected chi connectivity index (χ4v) is 3.66. The second kappa shape index (κ2) is 14.0. The van der Waals surface area contributed by atoms with E-state index in [1.807, 2.05) is 0 Å². The number of carbonyl (C=O) groups is 1. The van der Waals surface area contributed by atoms with Crippen LogP contribution in [0.5, 0.6) is 0 Å². The highest BCUT2D eigenvalue weighted by atomic mass is 35.5. The van der Waals surface area contributed by atoms with Gasteiger partial charge in [0.05, 0.1) is 12.0 Å². The van der Waals surface area contributed by atoms with Gasteiger partial charge in [0.15, 0.2) is 0 Å². The molecule has 1 saturated heterocycles. The maximum absolute atomic E-state index is 12.9. The molecule has 5 nitrogen and oxygen atoms in total. The summed E-state index contributed by atoms with van der Waals surface area (Å²) in [5, 5.41) is 6.58. The molecule has 0 saturated carbocycles. The number of piperidine rings is 1. The molecule has 1 atom stereocenters. The van der Waals surface area contributed by atoms with Crippen molar-refractivity contribution in [2.24, 2.45) is 11.3 Å². The average molecular weight is 400 g/mol. The number of carbonyl (C=O) groups excluding carboxylic acids is 1. The fourth-order valence-electron chi connectivity index (χ4n) is 3.66. The number of halogens is 2. The zero-order valence-corrected chi connectivity index (χ0v) is 18.2. The van der Waals surface area contributed by atoms with Crippen LogP contribution < -0.4 is 10.6 Å². The lowest BCUT2D eigenvalue weighted by atomic mass is 9.78. The molecule has 1 fully saturated rings. The summed E-state index contributed by atoms with van der Waals surface area (Å²) in [7, 11) is 1.69. The fraction of sp³-hybridized carbons (Fsp3) is 0.944. The molecule has 0 aromatic heterocycles. The Morgan fingerprint density at radius 2 is 1.76 bits per heavy atom. The number of rotatable bonds is 10. The van der Waals surface area contributed by atoms with Crippen molar-refractivity contribution in [2.45, 2.75) is 53.0 Å². The van der Waals surface area contributed by atoms with Gasteiger partial charge in [-0.05, 0) is 51.4 Å². The first-order chi connectivity index (χ1) is 11.0. The molecule has 1 unspecified atom stereocenters. The lowest BCUT2D eigenvalue weighted by Gasteiger charge is -2.37. The number of nitrogens with one attached hydrogen (secondary N) is 2. The summed E-state index contributed by atoms with van der Waals surface area (Å²) in [6, 6.07) is 0.412. The molecule has 0 radical (unpaired) electrons. The summed E-state index contributed by atoms with van der Waals surface area (Å²) in [5.41, 5.74) is -0.356. The molecule has 25 heavy (non-hydrogen) atoms. The molecule has 1 rings (SSSR count). The number of hydrogen-bond donors (Lipinski definition) is 2. The Bertz CT molecular complexity index is 342. The Hall–Kier alpha value is -0.0700. The lowest BCUT2D eigenvalue weighted by Crippen LogP contribution is -2.53. The summed E-state index contributed by atoms with van der Waals surface area (Å²) < 4.78 is 5.37. The SMILES string of the molecule is CCN(CC)C(CNC(=O)C1(COC)CCNCC1)CC(C)C.Cl.Cl. The minimum Gasteiger partial charge on any atom is -0.384 e. The molecule has 0 aromatic carbocycles. The van der Waals surface area contributed by atoms with Crippen molar-refractivity contribution >= 4 is 30.7 Å². The molecule has 1 heterocycles. The molecular formula is C18H39Cl2N3O2. The summed E-state index contributed by atoms with van der Waals surface area (Å²) in [4.78, 5) is 15.3. The Balaban J connectivity index is 0. The Kier molecular flexibility index (Phi) is 15.3. The van der Waals surface area contributed by atoms with E-state index in [2.05, 4.69) is 43.2 Å². The third-order valence-electron chi connectivity index (χ3n) is 5.03. The van der Waals surface area contributed by atoms with Gasteiger partial charge in [-0.25, -0.2) is 0 Å². The Morgan fingerprint density at radius 3 is 2.20 bits per heavy atom. The van der Waals surface area contributed by atoms with Crippen LogP contribution in [0.1, 0.15) is 47.0 Å². The summed E-state index contributed by atoms with van der Waals surface area (Å²) in [5.74, 6) is 0.797. The third kappa shape index (κ3) is 8.44. The van der Waals surface area contributed by atoms with E-state index in [9.17, 15) is 4.79 Å². The van der Waals surface area contributed by atoms with Crippen LogP contribution in [0.25, 0.3) is 0 Å². The number of nitrogens with zero attached hydrogens (tertiary/aromatic N) is 1. The van der Waals surface area contributed by atoms with Gasteiger partial charge in [-0.15, -0.1) is 24.8 Å². The summed E-state index contributed by atoms with van der Waals surface area (Å²) in [6.07, 6.45) is 2.82. The Labute approximate surface area is 166 Å². The summed E-state index contributed by atoms with van der Waals surface area (Å²) >= 11 is 0. The highest BCUT2D eigenvalue weighted by molar-refractivity contribution is 5.85. The molecule has 0 bridgehead atoms. The second-order valence-electron chi connectivity index (χ2n) is 7.18. The number of hydrogen-bond acceptors (Lipinski definition) is 4. The predicted octanol–water partition coefficient (Wildman–Crippen LogP) is 2.72. The van der Waals surface area contributed by atoms with E-state index in [1.165, 1.54) is 0 Å². The summed E-state index contributed by atoms with van der Waals surface area (Å²) in [6.45, 7) is 14.0. The van der Waals surface area contributed by atoms with Crippen LogP contribution in [0, 0.1) is 11.3 Å². The van der Waals surface area contributed by atoms with E-state index in [0.717, 1.165) is 52.0 Å². The van der Waals surface area contributed by atoms with Gasteiger partial charge in [0.1, 0.15) is 0 Å². The third-order valence-corrected chi connectivity index (χ3v) is 5.03. The van der Waals surface area contributed by atoms with Gasteiger partial charge in [0, 0.05) is 19.7 Å². The van der Waals surface area contributed by atoms with E-state index in [4.69, 9.17) is 4.74 Å². The average Bonchev–Trinajstić information content (AvgIpc) is 2.54. The number of likely N-dealkylation sites (N-methyl/N-ethyl adjacent to an activating group) is 1. The van der Waals surface area contributed by atoms with Gasteiger partial charge >= 0.3 is 0 Å². The van der Waals surface area contributed by atoms with Crippen LogP contribution in [-0.2, 0) is 9.53 Å². The van der Waals surface area contributed by atoms with Gasteiger partial charge in [-0.1, -0.05) is 27.7 Å². The van der Waals surface area contributed by atoms with Crippen molar-refractivity contribution < 1.29 is 9.53 Å². The molecular weight excluding hydrogens is 361 g/mol. The molecule has 7 heteroatoms. The normalized spacial score (nSPS) is 17.6. The molecule has 0 aliphatic carbocycles. The molecule has 152 valence electrons. The van der Waals surface area contributed by atoms with Crippen molar-refractivity contribution in [1.82, 2.24) is 15.5 Å². The van der Waals surface area contributed by atoms with E-state index < -0.39 is 0 Å². The molecule has 2 N–H and O–H groups in total. The van der Waals surface area contributed by atoms with Crippen LogP contribution in [-0.4, -0.2) is 63.3 Å². The van der Waals surface area contributed by atoms with Crippen LogP contribution >= 0.6 is 24.8 Å². The van der Waals surface area contributed by atoms with Gasteiger partial charge in [0.2, 0.25) is 5.91 Å². The highest BCUT2D eigenvalue weighted by Gasteiger charge is 2.39. The molecule has 1 aliphatic rings. The Morgan fingerprint density at radius 1 is 1.20 bits per heavy atom. The molecule has 0 spiro atoms. The van der Waals surface area contributed by atoms with Gasteiger partial charge < -0.3 is 15.4 Å². The minimum atomic E-state index is -0.356. The van der Waals surface area contributed by atoms with Crippen molar-refractivity contribution in [3.8, 4) is 0 Å². The highest BCUT2D eigenvalue weighted by Crippen LogP contribution is 2.29. The first kappa shape index (κ1) is 27.2.